The molecule has 0 heterocycles. The maximum atomic E-state index is 5.47. The molecule has 0 saturated heterocycles. The molecule has 5 N–H and O–H groups in total. The van der Waals surface area contributed by atoms with Gasteiger partial charge in [0.2, 0.25) is 0 Å². The molecule has 1 rings (SSSR count). The summed E-state index contributed by atoms with van der Waals surface area (Å²) in [6, 6.07) is 8.07. The number of hydrogen-bond donors (Lipinski definition) is 4. The van der Waals surface area contributed by atoms with Gasteiger partial charge in [0.25, 0.3) is 0 Å². The summed E-state index contributed by atoms with van der Waals surface area (Å²) in [5.74, 6) is 0.912. The van der Waals surface area contributed by atoms with E-state index in [-0.39, 0.29) is 0 Å². The average Bonchev–Trinajstić information content (AvgIpc) is 2.65. The second-order valence-corrected chi connectivity index (χ2v) is 6.39. The van der Waals surface area contributed by atoms with E-state index in [9.17, 15) is 0 Å². The van der Waals surface area contributed by atoms with E-state index in [0.29, 0.717) is 0 Å². The second-order valence-electron chi connectivity index (χ2n) is 6.39. The average molecular weight is 351 g/mol. The zero-order chi connectivity index (χ0) is 18.0. The molecule has 1 aromatic carbocycles. The summed E-state index contributed by atoms with van der Waals surface area (Å²) in [6.07, 6.45) is 8.53. The minimum Gasteiger partial charge on any atom is -0.495 e. The Morgan fingerprint density at radius 1 is 0.760 bits per heavy atom. The molecular weight excluding hydrogens is 312 g/mol. The Bertz CT molecular complexity index is 414. The standard InChI is InChI=1S/C20H38N4O/c1-25-20-12-4-3-11-19(20)24-18-10-9-17-23-15-7-2-6-14-22-16-8-5-13-21/h3-4,11-12,22-24H,2,5-10,13-18,21H2,1H3. The summed E-state index contributed by atoms with van der Waals surface area (Å²) >= 11 is 0. The molecule has 0 aliphatic carbocycles. The minimum atomic E-state index is 0.809. The Labute approximate surface area is 154 Å². The number of benzene rings is 1. The van der Waals surface area contributed by atoms with Gasteiger partial charge in [0, 0.05) is 6.54 Å². The van der Waals surface area contributed by atoms with Crippen LogP contribution in [0.5, 0.6) is 5.75 Å². The quantitative estimate of drug-likeness (QED) is 0.325. The Kier molecular flexibility index (Phi) is 14.1. The summed E-state index contributed by atoms with van der Waals surface area (Å²) in [4.78, 5) is 0. The maximum absolute atomic E-state index is 5.47. The molecule has 0 aliphatic rings. The number of rotatable bonds is 17. The molecule has 0 saturated carbocycles. The van der Waals surface area contributed by atoms with E-state index in [2.05, 4.69) is 22.0 Å². The van der Waals surface area contributed by atoms with Crippen molar-refractivity contribution in [1.82, 2.24) is 10.6 Å². The minimum absolute atomic E-state index is 0.809. The van der Waals surface area contributed by atoms with Crippen LogP contribution >= 0.6 is 0 Å². The fourth-order valence-corrected chi connectivity index (χ4v) is 2.71. The largest absolute Gasteiger partial charge is 0.495 e. The smallest absolute Gasteiger partial charge is 0.141 e. The third kappa shape index (κ3) is 11.8. The molecule has 0 bridgehead atoms. The molecule has 5 nitrogen and oxygen atoms in total. The lowest BCUT2D eigenvalue weighted by Gasteiger charge is -2.11. The molecular formula is C20H38N4O. The SMILES string of the molecule is COc1ccccc1NCCCCNCCCCCNCCCCN. The van der Waals surface area contributed by atoms with Gasteiger partial charge in [-0.15, -0.1) is 0 Å². The first kappa shape index (κ1) is 21.7. The number of nitrogens with one attached hydrogen (secondary N) is 3. The van der Waals surface area contributed by atoms with Crippen LogP contribution in [-0.4, -0.2) is 46.4 Å². The Hall–Kier alpha value is -1.30. The topological polar surface area (TPSA) is 71.3 Å². The van der Waals surface area contributed by atoms with Gasteiger partial charge in [-0.2, -0.15) is 0 Å². The Morgan fingerprint density at radius 2 is 1.32 bits per heavy atom. The summed E-state index contributed by atoms with van der Waals surface area (Å²) in [5, 5.41) is 10.5. The number of hydrogen-bond acceptors (Lipinski definition) is 5. The van der Waals surface area contributed by atoms with Crippen molar-refractivity contribution in [2.75, 3.05) is 51.7 Å². The van der Waals surface area contributed by atoms with Gasteiger partial charge in [-0.05, 0) is 83.4 Å². The van der Waals surface area contributed by atoms with Crippen molar-refractivity contribution in [3.05, 3.63) is 24.3 Å². The van der Waals surface area contributed by atoms with Gasteiger partial charge in [-0.25, -0.2) is 0 Å². The van der Waals surface area contributed by atoms with Gasteiger partial charge in [-0.1, -0.05) is 18.6 Å². The Balaban J connectivity index is 1.82. The van der Waals surface area contributed by atoms with E-state index in [0.717, 1.165) is 63.5 Å². The van der Waals surface area contributed by atoms with Crippen LogP contribution in [0.15, 0.2) is 24.3 Å². The highest BCUT2D eigenvalue weighted by Crippen LogP contribution is 2.22. The zero-order valence-corrected chi connectivity index (χ0v) is 16.0. The summed E-state index contributed by atoms with van der Waals surface area (Å²) in [5.41, 5.74) is 6.55. The molecule has 0 amide bonds. The predicted octanol–water partition coefficient (Wildman–Crippen LogP) is 2.98. The molecule has 5 heteroatoms. The van der Waals surface area contributed by atoms with Crippen LogP contribution in [-0.2, 0) is 0 Å². The Morgan fingerprint density at radius 3 is 1.96 bits per heavy atom. The van der Waals surface area contributed by atoms with E-state index >= 15 is 0 Å². The van der Waals surface area contributed by atoms with E-state index in [1.165, 1.54) is 32.1 Å². The number of ether oxygens (including phenoxy) is 1. The number of unbranched alkanes of at least 4 members (excludes halogenated alkanes) is 4. The molecule has 1 aromatic rings. The monoisotopic (exact) mass is 350 g/mol. The number of para-hydroxylation sites is 2. The van der Waals surface area contributed by atoms with Crippen molar-refractivity contribution in [3.63, 3.8) is 0 Å². The van der Waals surface area contributed by atoms with Crippen LogP contribution in [0.25, 0.3) is 0 Å². The van der Waals surface area contributed by atoms with Crippen LogP contribution in [0.1, 0.15) is 44.9 Å². The highest BCUT2D eigenvalue weighted by Gasteiger charge is 1.99. The second kappa shape index (κ2) is 16.2. The van der Waals surface area contributed by atoms with Gasteiger partial charge in [-0.3, -0.25) is 0 Å². The predicted molar refractivity (Wildman–Crippen MR) is 109 cm³/mol. The van der Waals surface area contributed by atoms with Gasteiger partial charge < -0.3 is 26.4 Å². The van der Waals surface area contributed by atoms with Crippen molar-refractivity contribution in [2.24, 2.45) is 5.73 Å². The van der Waals surface area contributed by atoms with Gasteiger partial charge in [0.1, 0.15) is 5.75 Å². The summed E-state index contributed by atoms with van der Waals surface area (Å²) < 4.78 is 5.34. The van der Waals surface area contributed by atoms with Crippen molar-refractivity contribution in [3.8, 4) is 5.75 Å². The van der Waals surface area contributed by atoms with Crippen molar-refractivity contribution < 1.29 is 4.74 Å². The highest BCUT2D eigenvalue weighted by molar-refractivity contribution is 5.55. The zero-order valence-electron chi connectivity index (χ0n) is 16.0. The molecule has 0 atom stereocenters. The van der Waals surface area contributed by atoms with Crippen LogP contribution in [0.3, 0.4) is 0 Å². The molecule has 0 aliphatic heterocycles. The highest BCUT2D eigenvalue weighted by atomic mass is 16.5. The maximum Gasteiger partial charge on any atom is 0.141 e. The van der Waals surface area contributed by atoms with Crippen molar-refractivity contribution >= 4 is 5.69 Å². The number of anilines is 1. The first-order valence-electron chi connectivity index (χ1n) is 9.87. The molecule has 25 heavy (non-hydrogen) atoms. The molecule has 0 unspecified atom stereocenters. The normalized spacial score (nSPS) is 10.8. The van der Waals surface area contributed by atoms with E-state index < -0.39 is 0 Å². The third-order valence-electron chi connectivity index (χ3n) is 4.22. The van der Waals surface area contributed by atoms with Gasteiger partial charge in [0.15, 0.2) is 0 Å². The molecule has 0 fully saturated rings. The van der Waals surface area contributed by atoms with Crippen molar-refractivity contribution in [2.45, 2.75) is 44.9 Å². The van der Waals surface area contributed by atoms with Gasteiger partial charge >= 0.3 is 0 Å². The van der Waals surface area contributed by atoms with Crippen LogP contribution < -0.4 is 26.4 Å². The molecule has 0 radical (unpaired) electrons. The molecule has 0 spiro atoms. The number of methoxy groups -OCH3 is 1. The summed E-state index contributed by atoms with van der Waals surface area (Å²) in [7, 11) is 1.71. The fourth-order valence-electron chi connectivity index (χ4n) is 2.71. The lowest BCUT2D eigenvalue weighted by Crippen LogP contribution is -2.19. The summed E-state index contributed by atoms with van der Waals surface area (Å²) in [6.45, 7) is 6.28. The van der Waals surface area contributed by atoms with Crippen LogP contribution in [0, 0.1) is 0 Å². The van der Waals surface area contributed by atoms with E-state index in [1.807, 2.05) is 18.2 Å². The van der Waals surface area contributed by atoms with Gasteiger partial charge in [0.05, 0.1) is 12.8 Å². The lowest BCUT2D eigenvalue weighted by molar-refractivity contribution is 0.416. The third-order valence-corrected chi connectivity index (χ3v) is 4.22. The molecule has 144 valence electrons. The van der Waals surface area contributed by atoms with E-state index in [1.54, 1.807) is 7.11 Å². The van der Waals surface area contributed by atoms with Crippen molar-refractivity contribution in [1.29, 1.82) is 0 Å². The van der Waals surface area contributed by atoms with Crippen LogP contribution in [0.2, 0.25) is 0 Å². The first-order chi connectivity index (χ1) is 12.4. The van der Waals surface area contributed by atoms with E-state index in [4.69, 9.17) is 10.5 Å². The fraction of sp³-hybridized carbons (Fsp3) is 0.700. The van der Waals surface area contributed by atoms with Crippen LogP contribution in [0.4, 0.5) is 5.69 Å². The number of nitrogens with two attached hydrogens (primary N) is 1. The molecule has 0 aromatic heterocycles. The lowest BCUT2D eigenvalue weighted by atomic mass is 10.2. The first-order valence-corrected chi connectivity index (χ1v) is 9.87.